The Morgan fingerprint density at radius 2 is 2.17 bits per heavy atom. The summed E-state index contributed by atoms with van der Waals surface area (Å²) < 4.78 is 0. The van der Waals surface area contributed by atoms with Crippen molar-refractivity contribution in [3.05, 3.63) is 12.4 Å². The molecule has 0 radical (unpaired) electrons. The summed E-state index contributed by atoms with van der Waals surface area (Å²) in [5, 5.41) is 12.4. The Bertz CT molecular complexity index is 364. The first-order valence-corrected chi connectivity index (χ1v) is 6.75. The van der Waals surface area contributed by atoms with Gasteiger partial charge in [0.05, 0.1) is 0 Å². The summed E-state index contributed by atoms with van der Waals surface area (Å²) in [6.07, 6.45) is 4.78. The maximum Gasteiger partial charge on any atom is 0.134 e. The van der Waals surface area contributed by atoms with Crippen molar-refractivity contribution < 1.29 is 5.11 Å². The van der Waals surface area contributed by atoms with Crippen molar-refractivity contribution in [3.63, 3.8) is 0 Å². The summed E-state index contributed by atoms with van der Waals surface area (Å²) in [7, 11) is 0. The van der Waals surface area contributed by atoms with E-state index in [1.165, 1.54) is 0 Å². The minimum Gasteiger partial charge on any atom is -0.396 e. The van der Waals surface area contributed by atoms with Gasteiger partial charge in [0.1, 0.15) is 18.0 Å². The van der Waals surface area contributed by atoms with Gasteiger partial charge in [-0.1, -0.05) is 6.92 Å². The van der Waals surface area contributed by atoms with Gasteiger partial charge in [0, 0.05) is 32.3 Å². The number of aliphatic hydroxyl groups excluding tert-OH is 1. The summed E-state index contributed by atoms with van der Waals surface area (Å²) in [5.41, 5.74) is 0. The molecule has 0 aliphatic carbocycles. The average Bonchev–Trinajstić information content (AvgIpc) is 2.45. The molecule has 1 aliphatic heterocycles. The molecule has 5 nitrogen and oxygen atoms in total. The zero-order valence-electron chi connectivity index (χ0n) is 11.0. The topological polar surface area (TPSA) is 61.3 Å². The zero-order valence-corrected chi connectivity index (χ0v) is 11.0. The summed E-state index contributed by atoms with van der Waals surface area (Å²) >= 11 is 0. The van der Waals surface area contributed by atoms with E-state index >= 15 is 0 Å². The van der Waals surface area contributed by atoms with Crippen LogP contribution in [-0.4, -0.2) is 41.3 Å². The fourth-order valence-corrected chi connectivity index (χ4v) is 2.21. The van der Waals surface area contributed by atoms with Crippen LogP contribution >= 0.6 is 0 Å². The Balaban J connectivity index is 1.96. The van der Waals surface area contributed by atoms with Gasteiger partial charge in [-0.05, 0) is 25.2 Å². The molecule has 18 heavy (non-hydrogen) atoms. The Kier molecular flexibility index (Phi) is 4.75. The number of hydrogen-bond donors (Lipinski definition) is 2. The van der Waals surface area contributed by atoms with Gasteiger partial charge in [-0.3, -0.25) is 0 Å². The molecule has 0 spiro atoms. The van der Waals surface area contributed by atoms with Crippen molar-refractivity contribution >= 4 is 11.6 Å². The van der Waals surface area contributed by atoms with E-state index in [-0.39, 0.29) is 0 Å². The molecule has 2 heterocycles. The number of anilines is 2. The molecule has 2 N–H and O–H groups in total. The molecule has 1 fully saturated rings. The predicted octanol–water partition coefficient (Wildman–Crippen LogP) is 1.51. The SMILES string of the molecule is CCCNc1cc(N2CCC(CO)CC2)ncn1. The van der Waals surface area contributed by atoms with Gasteiger partial charge < -0.3 is 15.3 Å². The van der Waals surface area contributed by atoms with Gasteiger partial charge in [0.25, 0.3) is 0 Å². The van der Waals surface area contributed by atoms with Gasteiger partial charge >= 0.3 is 0 Å². The van der Waals surface area contributed by atoms with E-state index in [9.17, 15) is 0 Å². The fourth-order valence-electron chi connectivity index (χ4n) is 2.21. The molecule has 5 heteroatoms. The third kappa shape index (κ3) is 3.32. The average molecular weight is 250 g/mol. The van der Waals surface area contributed by atoms with Gasteiger partial charge in [-0.2, -0.15) is 0 Å². The monoisotopic (exact) mass is 250 g/mol. The molecule has 0 amide bonds. The highest BCUT2D eigenvalue weighted by atomic mass is 16.3. The number of piperidine rings is 1. The lowest BCUT2D eigenvalue weighted by atomic mass is 9.98. The normalized spacial score (nSPS) is 16.9. The van der Waals surface area contributed by atoms with Crippen molar-refractivity contribution in [1.29, 1.82) is 0 Å². The standard InChI is InChI=1S/C13H22N4O/c1-2-5-14-12-8-13(16-10-15-12)17-6-3-11(9-18)4-7-17/h8,10-11,18H,2-7,9H2,1H3,(H,14,15,16). The van der Waals surface area contributed by atoms with Crippen LogP contribution in [0.3, 0.4) is 0 Å². The first kappa shape index (κ1) is 13.1. The Morgan fingerprint density at radius 1 is 1.39 bits per heavy atom. The third-order valence-corrected chi connectivity index (χ3v) is 3.41. The first-order valence-electron chi connectivity index (χ1n) is 6.75. The lowest BCUT2D eigenvalue weighted by Gasteiger charge is -2.31. The number of rotatable bonds is 5. The van der Waals surface area contributed by atoms with Gasteiger partial charge in [-0.25, -0.2) is 9.97 Å². The second-order valence-corrected chi connectivity index (χ2v) is 4.80. The number of aromatic nitrogens is 2. The summed E-state index contributed by atoms with van der Waals surface area (Å²) in [4.78, 5) is 10.8. The summed E-state index contributed by atoms with van der Waals surface area (Å²) in [6, 6.07) is 2.01. The Hall–Kier alpha value is -1.36. The van der Waals surface area contributed by atoms with Crippen LogP contribution in [0.2, 0.25) is 0 Å². The number of nitrogens with one attached hydrogen (secondary N) is 1. The van der Waals surface area contributed by atoms with Crippen LogP contribution in [0.1, 0.15) is 26.2 Å². The van der Waals surface area contributed by atoms with E-state index in [0.717, 1.165) is 50.5 Å². The van der Waals surface area contributed by atoms with Crippen molar-refractivity contribution in [2.24, 2.45) is 5.92 Å². The molecule has 0 unspecified atom stereocenters. The van der Waals surface area contributed by atoms with Gasteiger partial charge in [0.2, 0.25) is 0 Å². The smallest absolute Gasteiger partial charge is 0.134 e. The lowest BCUT2D eigenvalue weighted by molar-refractivity contribution is 0.203. The van der Waals surface area contributed by atoms with E-state index in [2.05, 4.69) is 27.1 Å². The molecule has 100 valence electrons. The number of hydrogen-bond acceptors (Lipinski definition) is 5. The minimum atomic E-state index is 0.306. The van der Waals surface area contributed by atoms with Crippen LogP contribution < -0.4 is 10.2 Å². The van der Waals surface area contributed by atoms with Crippen molar-refractivity contribution in [2.75, 3.05) is 36.5 Å². The maximum absolute atomic E-state index is 9.13. The van der Waals surface area contributed by atoms with Crippen molar-refractivity contribution in [2.45, 2.75) is 26.2 Å². The number of nitrogens with zero attached hydrogens (tertiary/aromatic N) is 3. The second-order valence-electron chi connectivity index (χ2n) is 4.80. The molecular weight excluding hydrogens is 228 g/mol. The molecule has 2 rings (SSSR count). The van der Waals surface area contributed by atoms with E-state index in [1.807, 2.05) is 6.07 Å². The summed E-state index contributed by atoms with van der Waals surface area (Å²) in [6.45, 7) is 5.31. The van der Waals surface area contributed by atoms with Gasteiger partial charge in [-0.15, -0.1) is 0 Å². The molecule has 1 aliphatic rings. The largest absolute Gasteiger partial charge is 0.396 e. The molecule has 1 aromatic heterocycles. The minimum absolute atomic E-state index is 0.306. The molecule has 0 atom stereocenters. The van der Waals surface area contributed by atoms with Crippen LogP contribution in [0.4, 0.5) is 11.6 Å². The molecule has 1 aromatic rings. The van der Waals surface area contributed by atoms with Crippen molar-refractivity contribution in [3.8, 4) is 0 Å². The van der Waals surface area contributed by atoms with E-state index in [4.69, 9.17) is 5.11 Å². The van der Waals surface area contributed by atoms with E-state index < -0.39 is 0 Å². The lowest BCUT2D eigenvalue weighted by Crippen LogP contribution is -2.35. The predicted molar refractivity (Wildman–Crippen MR) is 72.8 cm³/mol. The Morgan fingerprint density at radius 3 is 2.83 bits per heavy atom. The highest BCUT2D eigenvalue weighted by Crippen LogP contribution is 2.22. The fraction of sp³-hybridized carbons (Fsp3) is 0.692. The third-order valence-electron chi connectivity index (χ3n) is 3.41. The van der Waals surface area contributed by atoms with Crippen LogP contribution in [0, 0.1) is 5.92 Å². The van der Waals surface area contributed by atoms with Crippen LogP contribution in [0.5, 0.6) is 0 Å². The summed E-state index contributed by atoms with van der Waals surface area (Å²) in [5.74, 6) is 2.34. The van der Waals surface area contributed by atoms with Crippen molar-refractivity contribution in [1.82, 2.24) is 9.97 Å². The zero-order chi connectivity index (χ0) is 12.8. The second kappa shape index (κ2) is 6.54. The highest BCUT2D eigenvalue weighted by Gasteiger charge is 2.19. The maximum atomic E-state index is 9.13. The molecule has 0 saturated carbocycles. The Labute approximate surface area is 108 Å². The molecule has 0 aromatic carbocycles. The molecule has 0 bridgehead atoms. The number of aliphatic hydroxyl groups is 1. The quantitative estimate of drug-likeness (QED) is 0.829. The first-order chi connectivity index (χ1) is 8.83. The molecular formula is C13H22N4O. The van der Waals surface area contributed by atoms with E-state index in [0.29, 0.717) is 12.5 Å². The molecule has 1 saturated heterocycles. The van der Waals surface area contributed by atoms with Crippen LogP contribution in [0.15, 0.2) is 12.4 Å². The van der Waals surface area contributed by atoms with Gasteiger partial charge in [0.15, 0.2) is 0 Å². The highest BCUT2D eigenvalue weighted by molar-refractivity contribution is 5.48. The van der Waals surface area contributed by atoms with E-state index in [1.54, 1.807) is 6.33 Å². The van der Waals surface area contributed by atoms with Crippen LogP contribution in [-0.2, 0) is 0 Å². The van der Waals surface area contributed by atoms with Crippen LogP contribution in [0.25, 0.3) is 0 Å².